The third-order valence-electron chi connectivity index (χ3n) is 7.19. The Bertz CT molecular complexity index is 1090. The molecule has 2 atom stereocenters. The van der Waals surface area contributed by atoms with Gasteiger partial charge in [-0.3, -0.25) is 4.79 Å². The number of benzene rings is 2. The van der Waals surface area contributed by atoms with Crippen molar-refractivity contribution < 1.29 is 22.7 Å². The number of likely N-dealkylation sites (tertiary alicyclic amines) is 1. The second kappa shape index (κ2) is 9.30. The van der Waals surface area contributed by atoms with E-state index in [2.05, 4.69) is 0 Å². The van der Waals surface area contributed by atoms with Crippen LogP contribution in [0.2, 0.25) is 0 Å². The van der Waals surface area contributed by atoms with Crippen LogP contribution >= 0.6 is 0 Å². The number of methoxy groups -OCH3 is 1. The van der Waals surface area contributed by atoms with Crippen molar-refractivity contribution in [2.45, 2.75) is 25.9 Å². The summed E-state index contributed by atoms with van der Waals surface area (Å²) in [5.41, 5.74) is 1.04. The number of carbonyl (C=O) groups excluding carboxylic acids is 1. The number of hydrogen-bond donors (Lipinski definition) is 0. The number of hydrogen-bond acceptors (Lipinski definition) is 4. The normalized spacial score (nSPS) is 22.4. The Kier molecular flexibility index (Phi) is 6.59. The number of nitrogens with zero attached hydrogens (tertiary/aromatic N) is 3. The number of rotatable bonds is 5. The second-order valence-corrected chi connectivity index (χ2v) is 9.46. The molecule has 2 aliphatic heterocycles. The van der Waals surface area contributed by atoms with Crippen molar-refractivity contribution in [1.82, 2.24) is 4.90 Å². The van der Waals surface area contributed by atoms with Gasteiger partial charge in [-0.15, -0.1) is 0 Å². The van der Waals surface area contributed by atoms with Gasteiger partial charge in [0.05, 0.1) is 30.2 Å². The first-order valence-electron chi connectivity index (χ1n) is 11.3. The molecule has 180 valence electrons. The summed E-state index contributed by atoms with van der Waals surface area (Å²) in [6.45, 7) is 4.73. The van der Waals surface area contributed by atoms with E-state index < -0.39 is 11.7 Å². The average Bonchev–Trinajstić information content (AvgIpc) is 3.18. The number of halogens is 3. The van der Waals surface area contributed by atoms with Crippen molar-refractivity contribution in [2.24, 2.45) is 11.3 Å². The lowest BCUT2D eigenvalue weighted by Gasteiger charge is -2.44. The van der Waals surface area contributed by atoms with Crippen LogP contribution in [0.3, 0.4) is 0 Å². The Labute approximate surface area is 197 Å². The average molecular weight is 472 g/mol. The van der Waals surface area contributed by atoms with Gasteiger partial charge >= 0.3 is 6.18 Å². The molecule has 0 N–H and O–H groups in total. The Morgan fingerprint density at radius 1 is 1.21 bits per heavy atom. The van der Waals surface area contributed by atoms with Crippen LogP contribution in [0.15, 0.2) is 42.5 Å². The number of ether oxygens (including phenoxy) is 1. The molecule has 2 aromatic rings. The maximum absolute atomic E-state index is 13.5. The first-order chi connectivity index (χ1) is 16.1. The number of nitriles is 1. The van der Waals surface area contributed by atoms with Crippen molar-refractivity contribution >= 4 is 11.6 Å². The summed E-state index contributed by atoms with van der Waals surface area (Å²) >= 11 is 0. The monoisotopic (exact) mass is 471 g/mol. The predicted molar refractivity (Wildman–Crippen MR) is 122 cm³/mol. The van der Waals surface area contributed by atoms with Crippen molar-refractivity contribution in [2.75, 3.05) is 44.8 Å². The van der Waals surface area contributed by atoms with Crippen LogP contribution in [0.25, 0.3) is 0 Å². The molecule has 0 saturated carbocycles. The number of anilines is 1. The van der Waals surface area contributed by atoms with E-state index in [9.17, 15) is 18.0 Å². The molecular formula is C26H28F3N3O2. The van der Waals surface area contributed by atoms with E-state index in [1.54, 1.807) is 19.2 Å². The van der Waals surface area contributed by atoms with E-state index in [0.717, 1.165) is 17.2 Å². The second-order valence-electron chi connectivity index (χ2n) is 9.46. The minimum Gasteiger partial charge on any atom is -0.384 e. The zero-order chi connectivity index (χ0) is 24.5. The first kappa shape index (κ1) is 24.1. The van der Waals surface area contributed by atoms with E-state index in [-0.39, 0.29) is 22.8 Å². The summed E-state index contributed by atoms with van der Waals surface area (Å²) in [5.74, 6) is 0.131. The number of fused-ring (bicyclic) bond motifs is 1. The van der Waals surface area contributed by atoms with Crippen LogP contribution in [0.1, 0.15) is 28.7 Å². The van der Waals surface area contributed by atoms with Gasteiger partial charge in [0, 0.05) is 50.3 Å². The molecule has 2 fully saturated rings. The lowest BCUT2D eigenvalue weighted by atomic mass is 9.73. The van der Waals surface area contributed by atoms with Gasteiger partial charge in [0.15, 0.2) is 0 Å². The van der Waals surface area contributed by atoms with E-state index in [1.165, 1.54) is 6.07 Å². The van der Waals surface area contributed by atoms with E-state index in [0.29, 0.717) is 51.3 Å². The fourth-order valence-corrected chi connectivity index (χ4v) is 5.28. The zero-order valence-electron chi connectivity index (χ0n) is 19.4. The van der Waals surface area contributed by atoms with Crippen molar-refractivity contribution in [3.05, 3.63) is 64.7 Å². The molecule has 5 nitrogen and oxygen atoms in total. The number of alkyl halides is 3. The predicted octanol–water partition coefficient (Wildman–Crippen LogP) is 4.43. The number of aryl methyl sites for hydroxylation is 1. The summed E-state index contributed by atoms with van der Waals surface area (Å²) in [6, 6.07) is 13.4. The highest BCUT2D eigenvalue weighted by atomic mass is 19.4. The van der Waals surface area contributed by atoms with Gasteiger partial charge in [0.1, 0.15) is 0 Å². The topological polar surface area (TPSA) is 56.6 Å². The molecule has 4 rings (SSSR count). The summed E-state index contributed by atoms with van der Waals surface area (Å²) in [4.78, 5) is 16.9. The van der Waals surface area contributed by atoms with Gasteiger partial charge in [-0.25, -0.2) is 0 Å². The van der Waals surface area contributed by atoms with Crippen LogP contribution in [0.5, 0.6) is 0 Å². The molecule has 0 aromatic heterocycles. The summed E-state index contributed by atoms with van der Waals surface area (Å²) < 4.78 is 45.9. The maximum Gasteiger partial charge on any atom is 0.417 e. The number of piperidine rings is 1. The van der Waals surface area contributed by atoms with E-state index in [1.807, 2.05) is 41.0 Å². The summed E-state index contributed by atoms with van der Waals surface area (Å²) in [5, 5.41) is 9.08. The van der Waals surface area contributed by atoms with Gasteiger partial charge in [-0.05, 0) is 37.1 Å². The lowest BCUT2D eigenvalue weighted by molar-refractivity contribution is -0.137. The molecule has 2 heterocycles. The lowest BCUT2D eigenvalue weighted by Crippen LogP contribution is -2.49. The highest BCUT2D eigenvalue weighted by Gasteiger charge is 2.50. The Morgan fingerprint density at radius 3 is 2.59 bits per heavy atom. The molecule has 0 bridgehead atoms. The molecule has 0 aliphatic carbocycles. The molecule has 2 unspecified atom stereocenters. The number of carbonyl (C=O) groups is 1. The minimum atomic E-state index is -4.59. The fourth-order valence-electron chi connectivity index (χ4n) is 5.28. The molecule has 2 aliphatic rings. The molecule has 8 heteroatoms. The van der Waals surface area contributed by atoms with Gasteiger partial charge in [0.2, 0.25) is 5.91 Å². The minimum absolute atomic E-state index is 0.0537. The standard InChI is InChI=1S/C26H28F3N3O2/c1-18-3-5-19(6-4-18)11-24(33)32-15-21-14-31(10-9-25(21,16-32)17-34-2)22-8-7-20(13-30)23(12-22)26(27,28)29/h3-8,12,21H,9-11,14-17H2,1-2H3. The Hall–Kier alpha value is -3.05. The molecule has 2 aromatic carbocycles. The Morgan fingerprint density at radius 2 is 1.94 bits per heavy atom. The van der Waals surface area contributed by atoms with Gasteiger partial charge < -0.3 is 14.5 Å². The van der Waals surface area contributed by atoms with E-state index in [4.69, 9.17) is 10.00 Å². The smallest absolute Gasteiger partial charge is 0.384 e. The third-order valence-corrected chi connectivity index (χ3v) is 7.19. The zero-order valence-corrected chi connectivity index (χ0v) is 19.4. The molecule has 0 spiro atoms. The molecule has 1 amide bonds. The first-order valence-corrected chi connectivity index (χ1v) is 11.3. The third kappa shape index (κ3) is 4.76. The largest absolute Gasteiger partial charge is 0.417 e. The highest BCUT2D eigenvalue weighted by molar-refractivity contribution is 5.79. The van der Waals surface area contributed by atoms with Crippen LogP contribution in [-0.2, 0) is 22.1 Å². The highest BCUT2D eigenvalue weighted by Crippen LogP contribution is 2.45. The van der Waals surface area contributed by atoms with Gasteiger partial charge in [-0.2, -0.15) is 18.4 Å². The molecule has 2 saturated heterocycles. The molecule has 0 radical (unpaired) electrons. The van der Waals surface area contributed by atoms with Gasteiger partial charge in [0.25, 0.3) is 0 Å². The number of amides is 1. The quantitative estimate of drug-likeness (QED) is 0.648. The molecule has 34 heavy (non-hydrogen) atoms. The van der Waals surface area contributed by atoms with Crippen LogP contribution in [0, 0.1) is 29.6 Å². The van der Waals surface area contributed by atoms with Crippen LogP contribution < -0.4 is 4.90 Å². The van der Waals surface area contributed by atoms with Crippen molar-refractivity contribution in [1.29, 1.82) is 5.26 Å². The van der Waals surface area contributed by atoms with Crippen LogP contribution in [-0.4, -0.2) is 50.7 Å². The van der Waals surface area contributed by atoms with Crippen LogP contribution in [0.4, 0.5) is 18.9 Å². The fraction of sp³-hybridized carbons (Fsp3) is 0.462. The van der Waals surface area contributed by atoms with E-state index >= 15 is 0 Å². The van der Waals surface area contributed by atoms with Crippen molar-refractivity contribution in [3.63, 3.8) is 0 Å². The van der Waals surface area contributed by atoms with Crippen molar-refractivity contribution in [3.8, 4) is 6.07 Å². The van der Waals surface area contributed by atoms with Gasteiger partial charge in [-0.1, -0.05) is 29.8 Å². The summed E-state index contributed by atoms with van der Waals surface area (Å²) in [6.07, 6.45) is -3.56. The molecular weight excluding hydrogens is 443 g/mol. The summed E-state index contributed by atoms with van der Waals surface area (Å²) in [7, 11) is 1.64. The Balaban J connectivity index is 1.52. The SMILES string of the molecule is COCC12CCN(c3ccc(C#N)c(C(F)(F)F)c3)CC1CN(C(=O)Cc1ccc(C)cc1)C2. The maximum atomic E-state index is 13.5.